The van der Waals surface area contributed by atoms with Crippen molar-refractivity contribution in [3.63, 3.8) is 0 Å². The average Bonchev–Trinajstić information content (AvgIpc) is 2.67. The summed E-state index contributed by atoms with van der Waals surface area (Å²) in [4.78, 5) is 27.7. The van der Waals surface area contributed by atoms with Gasteiger partial charge in [0.05, 0.1) is 16.8 Å². The molecule has 3 aromatic rings. The van der Waals surface area contributed by atoms with Gasteiger partial charge in [-0.15, -0.1) is 0 Å². The maximum atomic E-state index is 11.9. The van der Waals surface area contributed by atoms with Crippen LogP contribution in [0.3, 0.4) is 0 Å². The normalized spacial score (nSPS) is 10.3. The Balaban J connectivity index is 2.07. The summed E-state index contributed by atoms with van der Waals surface area (Å²) < 4.78 is 0. The van der Waals surface area contributed by atoms with Crippen molar-refractivity contribution in [2.45, 2.75) is 0 Å². The molecule has 0 aliphatic rings. The van der Waals surface area contributed by atoms with Crippen molar-refractivity contribution >= 4 is 34.1 Å². The fourth-order valence-electron chi connectivity index (χ4n) is 2.68. The Hall–Kier alpha value is -3.67. The van der Waals surface area contributed by atoms with E-state index in [1.807, 2.05) is 36.4 Å². The molecule has 2 amide bonds. The molecule has 0 fully saturated rings. The van der Waals surface area contributed by atoms with Crippen LogP contribution in [0.15, 0.2) is 61.3 Å². The molecule has 0 aliphatic heterocycles. The summed E-state index contributed by atoms with van der Waals surface area (Å²) in [5, 5.41) is 5.99. The third kappa shape index (κ3) is 3.25. The molecule has 0 saturated heterocycles. The molecule has 0 unspecified atom stereocenters. The summed E-state index contributed by atoms with van der Waals surface area (Å²) in [5.74, 6) is -0.555. The van der Waals surface area contributed by atoms with Gasteiger partial charge in [0.2, 0.25) is 5.91 Å². The first-order chi connectivity index (χ1) is 12.5. The summed E-state index contributed by atoms with van der Waals surface area (Å²) in [6.45, 7) is 3.45. The molecule has 1 aromatic heterocycles. The van der Waals surface area contributed by atoms with Gasteiger partial charge in [-0.3, -0.25) is 14.6 Å². The molecule has 0 atom stereocenters. The number of hydrogen-bond acceptors (Lipinski definition) is 4. The van der Waals surface area contributed by atoms with Crippen molar-refractivity contribution in [3.05, 3.63) is 66.9 Å². The van der Waals surface area contributed by atoms with E-state index >= 15 is 0 Å². The molecule has 4 N–H and O–H groups in total. The van der Waals surface area contributed by atoms with E-state index in [4.69, 9.17) is 5.73 Å². The Morgan fingerprint density at radius 2 is 1.92 bits per heavy atom. The molecule has 6 heteroatoms. The van der Waals surface area contributed by atoms with Gasteiger partial charge in [-0.1, -0.05) is 24.8 Å². The number of nitrogens with zero attached hydrogens (tertiary/aromatic N) is 1. The van der Waals surface area contributed by atoms with E-state index in [9.17, 15) is 9.59 Å². The molecule has 0 saturated carbocycles. The van der Waals surface area contributed by atoms with Crippen LogP contribution in [0.25, 0.3) is 22.0 Å². The molecule has 3 rings (SSSR count). The van der Waals surface area contributed by atoms with E-state index in [1.165, 1.54) is 12.3 Å². The Morgan fingerprint density at radius 1 is 1.15 bits per heavy atom. The van der Waals surface area contributed by atoms with Crippen LogP contribution >= 0.6 is 0 Å². The van der Waals surface area contributed by atoms with Crippen LogP contribution < -0.4 is 16.4 Å². The van der Waals surface area contributed by atoms with Gasteiger partial charge in [0, 0.05) is 24.3 Å². The zero-order valence-electron chi connectivity index (χ0n) is 14.2. The summed E-state index contributed by atoms with van der Waals surface area (Å²) in [5.41, 5.74) is 10.1. The third-order valence-corrected chi connectivity index (χ3v) is 4.03. The van der Waals surface area contributed by atoms with E-state index < -0.39 is 0 Å². The standard InChI is InChI=1S/C20H18N4O2/c1-3-18(25)24-14-6-4-5-12(9-14)13-7-8-17-15(10-13)19(21)16(11-23-17)20(26)22-2/h3-11H,1H2,2H3,(H2,21,23)(H,22,26)(H,24,25). The predicted molar refractivity (Wildman–Crippen MR) is 104 cm³/mol. The number of amides is 2. The molecule has 0 bridgehead atoms. The van der Waals surface area contributed by atoms with Gasteiger partial charge in [0.15, 0.2) is 0 Å². The number of carbonyl (C=O) groups excluding carboxylic acids is 2. The smallest absolute Gasteiger partial charge is 0.254 e. The van der Waals surface area contributed by atoms with Crippen molar-refractivity contribution < 1.29 is 9.59 Å². The minimum Gasteiger partial charge on any atom is -0.397 e. The second kappa shape index (κ2) is 7.06. The first-order valence-electron chi connectivity index (χ1n) is 7.97. The number of pyridine rings is 1. The number of nitrogens with two attached hydrogens (primary N) is 1. The van der Waals surface area contributed by atoms with Crippen molar-refractivity contribution in [3.8, 4) is 11.1 Å². The number of rotatable bonds is 4. The third-order valence-electron chi connectivity index (χ3n) is 4.03. The average molecular weight is 346 g/mol. The highest BCUT2D eigenvalue weighted by atomic mass is 16.2. The number of carbonyl (C=O) groups is 2. The largest absolute Gasteiger partial charge is 0.397 e. The molecular formula is C20H18N4O2. The zero-order valence-corrected chi connectivity index (χ0v) is 14.2. The fraction of sp³-hybridized carbons (Fsp3) is 0.0500. The lowest BCUT2D eigenvalue weighted by atomic mass is 10.0. The van der Waals surface area contributed by atoms with Crippen molar-refractivity contribution in [1.82, 2.24) is 10.3 Å². The van der Waals surface area contributed by atoms with Crippen molar-refractivity contribution in [2.75, 3.05) is 18.1 Å². The second-order valence-electron chi connectivity index (χ2n) is 5.67. The van der Waals surface area contributed by atoms with Crippen LogP contribution in [0.5, 0.6) is 0 Å². The van der Waals surface area contributed by atoms with E-state index in [0.29, 0.717) is 27.8 Å². The van der Waals surface area contributed by atoms with E-state index in [1.54, 1.807) is 13.1 Å². The monoisotopic (exact) mass is 346 g/mol. The maximum absolute atomic E-state index is 11.9. The van der Waals surface area contributed by atoms with Gasteiger partial charge in [0.25, 0.3) is 5.91 Å². The highest BCUT2D eigenvalue weighted by molar-refractivity contribution is 6.07. The Labute approximate surface area is 150 Å². The molecule has 130 valence electrons. The van der Waals surface area contributed by atoms with Gasteiger partial charge in [-0.2, -0.15) is 0 Å². The molecule has 0 aliphatic carbocycles. The molecule has 6 nitrogen and oxygen atoms in total. The highest BCUT2D eigenvalue weighted by Gasteiger charge is 2.13. The van der Waals surface area contributed by atoms with E-state index in [2.05, 4.69) is 22.2 Å². The summed E-state index contributed by atoms with van der Waals surface area (Å²) >= 11 is 0. The van der Waals surface area contributed by atoms with Crippen LogP contribution in [-0.4, -0.2) is 23.8 Å². The topological polar surface area (TPSA) is 97.1 Å². The number of nitrogen functional groups attached to an aromatic ring is 1. The second-order valence-corrected chi connectivity index (χ2v) is 5.67. The van der Waals surface area contributed by atoms with Gasteiger partial charge in [-0.05, 0) is 41.5 Å². The van der Waals surface area contributed by atoms with Gasteiger partial charge in [0.1, 0.15) is 0 Å². The van der Waals surface area contributed by atoms with Crippen molar-refractivity contribution in [1.29, 1.82) is 0 Å². The fourth-order valence-corrected chi connectivity index (χ4v) is 2.68. The molecule has 0 spiro atoms. The Bertz CT molecular complexity index is 1030. The van der Waals surface area contributed by atoms with Crippen LogP contribution in [0, 0.1) is 0 Å². The van der Waals surface area contributed by atoms with E-state index in [-0.39, 0.29) is 11.8 Å². The summed E-state index contributed by atoms with van der Waals surface area (Å²) in [6, 6.07) is 13.1. The summed E-state index contributed by atoms with van der Waals surface area (Å²) in [7, 11) is 1.55. The van der Waals surface area contributed by atoms with Crippen molar-refractivity contribution in [2.24, 2.45) is 0 Å². The van der Waals surface area contributed by atoms with E-state index in [0.717, 1.165) is 11.1 Å². The minimum absolute atomic E-state index is 0.274. The van der Waals surface area contributed by atoms with Crippen LogP contribution in [0.1, 0.15) is 10.4 Å². The Morgan fingerprint density at radius 3 is 2.65 bits per heavy atom. The quantitative estimate of drug-likeness (QED) is 0.633. The van der Waals surface area contributed by atoms with Crippen LogP contribution in [0.4, 0.5) is 11.4 Å². The molecular weight excluding hydrogens is 328 g/mol. The number of aromatic nitrogens is 1. The Kier molecular flexibility index (Phi) is 4.66. The summed E-state index contributed by atoms with van der Waals surface area (Å²) in [6.07, 6.45) is 2.69. The van der Waals surface area contributed by atoms with Gasteiger partial charge >= 0.3 is 0 Å². The SMILES string of the molecule is C=CC(=O)Nc1cccc(-c2ccc3ncc(C(=O)NC)c(N)c3c2)c1. The first kappa shape index (κ1) is 17.2. The molecule has 0 radical (unpaired) electrons. The highest BCUT2D eigenvalue weighted by Crippen LogP contribution is 2.29. The number of anilines is 2. The van der Waals surface area contributed by atoms with Crippen LogP contribution in [-0.2, 0) is 4.79 Å². The lowest BCUT2D eigenvalue weighted by Gasteiger charge is -2.10. The first-order valence-corrected chi connectivity index (χ1v) is 7.97. The van der Waals surface area contributed by atoms with Gasteiger partial charge in [-0.25, -0.2) is 0 Å². The van der Waals surface area contributed by atoms with Crippen LogP contribution in [0.2, 0.25) is 0 Å². The number of fused-ring (bicyclic) bond motifs is 1. The maximum Gasteiger partial charge on any atom is 0.254 e. The lowest BCUT2D eigenvalue weighted by molar-refractivity contribution is -0.111. The molecule has 26 heavy (non-hydrogen) atoms. The predicted octanol–water partition coefficient (Wildman–Crippen LogP) is 2.97. The lowest BCUT2D eigenvalue weighted by Crippen LogP contribution is -2.19. The van der Waals surface area contributed by atoms with Gasteiger partial charge < -0.3 is 16.4 Å². The minimum atomic E-state index is -0.281. The zero-order chi connectivity index (χ0) is 18.7. The molecule has 1 heterocycles. The molecule has 2 aromatic carbocycles. The number of nitrogens with one attached hydrogen (secondary N) is 2. The number of hydrogen-bond donors (Lipinski definition) is 3. The number of benzene rings is 2.